The number of ether oxygens (including phenoxy) is 1. The van der Waals surface area contributed by atoms with Crippen LogP contribution in [-0.4, -0.2) is 31.4 Å². The lowest BCUT2D eigenvalue weighted by Crippen LogP contribution is -2.27. The number of amides is 2. The van der Waals surface area contributed by atoms with Gasteiger partial charge in [-0.25, -0.2) is 4.79 Å². The molecule has 0 spiro atoms. The molecule has 0 fully saturated rings. The number of thiophene rings is 1. The van der Waals surface area contributed by atoms with E-state index in [9.17, 15) is 14.4 Å². The van der Waals surface area contributed by atoms with Crippen LogP contribution in [0.5, 0.6) is 0 Å². The second-order valence-electron chi connectivity index (χ2n) is 5.77. The summed E-state index contributed by atoms with van der Waals surface area (Å²) in [5.41, 5.74) is 0.858. The molecule has 0 unspecified atom stereocenters. The maximum Gasteiger partial charge on any atom is 0.340 e. The third kappa shape index (κ3) is 4.51. The number of methoxy groups -OCH3 is 1. The van der Waals surface area contributed by atoms with Gasteiger partial charge in [-0.2, -0.15) is 0 Å². The first-order valence-electron chi connectivity index (χ1n) is 8.31. The molecule has 0 saturated carbocycles. The number of benzene rings is 2. The van der Waals surface area contributed by atoms with Crippen LogP contribution in [0.3, 0.4) is 0 Å². The number of nitrogens with one attached hydrogen (secondary N) is 2. The second-order valence-corrected chi connectivity index (χ2v) is 6.69. The minimum absolute atomic E-state index is 0.0951. The van der Waals surface area contributed by atoms with Crippen molar-refractivity contribution in [1.82, 2.24) is 5.32 Å². The largest absolute Gasteiger partial charge is 0.465 e. The Bertz CT molecular complexity index is 996. The van der Waals surface area contributed by atoms with Crippen LogP contribution >= 0.6 is 11.3 Å². The van der Waals surface area contributed by atoms with Crippen molar-refractivity contribution < 1.29 is 19.1 Å². The number of carbonyl (C=O) groups excluding carboxylic acids is 3. The molecule has 27 heavy (non-hydrogen) atoms. The molecule has 2 amide bonds. The van der Waals surface area contributed by atoms with Crippen molar-refractivity contribution in [3.8, 4) is 0 Å². The maximum atomic E-state index is 12.3. The zero-order chi connectivity index (χ0) is 19.2. The van der Waals surface area contributed by atoms with E-state index in [1.54, 1.807) is 17.5 Å². The molecule has 0 saturated heterocycles. The van der Waals surface area contributed by atoms with Crippen molar-refractivity contribution in [2.75, 3.05) is 19.0 Å². The van der Waals surface area contributed by atoms with E-state index in [-0.39, 0.29) is 24.8 Å². The summed E-state index contributed by atoms with van der Waals surface area (Å²) in [6.45, 7) is 0.191. The molecule has 0 aliphatic heterocycles. The predicted molar refractivity (Wildman–Crippen MR) is 105 cm³/mol. The normalized spacial score (nSPS) is 10.4. The van der Waals surface area contributed by atoms with E-state index in [4.69, 9.17) is 0 Å². The van der Waals surface area contributed by atoms with Crippen LogP contribution in [0.25, 0.3) is 10.8 Å². The molecule has 0 aliphatic rings. The summed E-state index contributed by atoms with van der Waals surface area (Å²) >= 11 is 1.24. The highest BCUT2D eigenvalue weighted by Gasteiger charge is 2.15. The van der Waals surface area contributed by atoms with Gasteiger partial charge < -0.3 is 15.4 Å². The van der Waals surface area contributed by atoms with Crippen molar-refractivity contribution in [3.63, 3.8) is 0 Å². The summed E-state index contributed by atoms with van der Waals surface area (Å²) in [5.74, 6) is -1.03. The number of anilines is 1. The molecule has 138 valence electrons. The van der Waals surface area contributed by atoms with Crippen LogP contribution in [0.2, 0.25) is 0 Å². The molecule has 0 atom stereocenters. The van der Waals surface area contributed by atoms with Gasteiger partial charge in [-0.05, 0) is 34.4 Å². The quantitative estimate of drug-likeness (QED) is 0.640. The Hall–Kier alpha value is -3.19. The van der Waals surface area contributed by atoms with Crippen LogP contribution in [0.4, 0.5) is 5.00 Å². The predicted octanol–water partition coefficient (Wildman–Crippen LogP) is 3.45. The SMILES string of the molecule is COC(=O)c1ccsc1NC(=O)CCNC(=O)c1ccc2ccccc2c1. The Morgan fingerprint density at radius 2 is 1.81 bits per heavy atom. The van der Waals surface area contributed by atoms with E-state index >= 15 is 0 Å². The molecule has 2 N–H and O–H groups in total. The van der Waals surface area contributed by atoms with Gasteiger partial charge >= 0.3 is 5.97 Å². The van der Waals surface area contributed by atoms with Crippen molar-refractivity contribution in [2.24, 2.45) is 0 Å². The van der Waals surface area contributed by atoms with Crippen molar-refractivity contribution in [1.29, 1.82) is 0 Å². The molecule has 3 aromatic rings. The molecule has 2 aromatic carbocycles. The van der Waals surface area contributed by atoms with Gasteiger partial charge in [0.2, 0.25) is 5.91 Å². The molecule has 1 aromatic heterocycles. The number of hydrogen-bond acceptors (Lipinski definition) is 5. The van der Waals surface area contributed by atoms with Gasteiger partial charge in [0.25, 0.3) is 5.91 Å². The van der Waals surface area contributed by atoms with Crippen molar-refractivity contribution in [2.45, 2.75) is 6.42 Å². The standard InChI is InChI=1S/C20H18N2O4S/c1-26-20(25)16-9-11-27-19(16)22-17(23)8-10-21-18(24)15-7-6-13-4-2-3-5-14(13)12-15/h2-7,9,11-12H,8,10H2,1H3,(H,21,24)(H,22,23). The lowest BCUT2D eigenvalue weighted by molar-refractivity contribution is -0.116. The van der Waals surface area contributed by atoms with E-state index in [1.807, 2.05) is 36.4 Å². The number of carbonyl (C=O) groups is 3. The molecule has 6 nitrogen and oxygen atoms in total. The third-order valence-corrected chi connectivity index (χ3v) is 4.80. The first kappa shape index (κ1) is 18.6. The number of rotatable bonds is 6. The Morgan fingerprint density at radius 3 is 2.59 bits per heavy atom. The van der Waals surface area contributed by atoms with E-state index in [2.05, 4.69) is 15.4 Å². The van der Waals surface area contributed by atoms with Crippen LogP contribution in [0.1, 0.15) is 27.1 Å². The topological polar surface area (TPSA) is 84.5 Å². The molecule has 7 heteroatoms. The fourth-order valence-electron chi connectivity index (χ4n) is 2.59. The summed E-state index contributed by atoms with van der Waals surface area (Å²) in [7, 11) is 1.29. The summed E-state index contributed by atoms with van der Waals surface area (Å²) in [4.78, 5) is 35.9. The average Bonchev–Trinajstić information content (AvgIpc) is 3.14. The average molecular weight is 382 g/mol. The monoisotopic (exact) mass is 382 g/mol. The summed E-state index contributed by atoms with van der Waals surface area (Å²) in [5, 5.41) is 9.58. The van der Waals surface area contributed by atoms with Gasteiger partial charge in [0.05, 0.1) is 12.7 Å². The minimum Gasteiger partial charge on any atom is -0.465 e. The zero-order valence-electron chi connectivity index (χ0n) is 14.7. The van der Waals surface area contributed by atoms with Crippen LogP contribution in [0.15, 0.2) is 53.9 Å². The maximum absolute atomic E-state index is 12.3. The Labute approximate surface area is 160 Å². The van der Waals surface area contributed by atoms with Gasteiger partial charge in [0, 0.05) is 18.5 Å². The van der Waals surface area contributed by atoms with Crippen molar-refractivity contribution in [3.05, 3.63) is 65.0 Å². The summed E-state index contributed by atoms with van der Waals surface area (Å²) in [6, 6.07) is 14.8. The van der Waals surface area contributed by atoms with E-state index in [0.29, 0.717) is 16.1 Å². The molecule has 0 bridgehead atoms. The molecular weight excluding hydrogens is 364 g/mol. The minimum atomic E-state index is -0.504. The summed E-state index contributed by atoms with van der Waals surface area (Å²) in [6.07, 6.45) is 0.0951. The first-order chi connectivity index (χ1) is 13.1. The lowest BCUT2D eigenvalue weighted by atomic mass is 10.1. The van der Waals surface area contributed by atoms with Crippen LogP contribution in [0, 0.1) is 0 Å². The fourth-order valence-corrected chi connectivity index (χ4v) is 3.38. The van der Waals surface area contributed by atoms with E-state index in [0.717, 1.165) is 10.8 Å². The van der Waals surface area contributed by atoms with Crippen LogP contribution < -0.4 is 10.6 Å². The highest BCUT2D eigenvalue weighted by atomic mass is 32.1. The van der Waals surface area contributed by atoms with Gasteiger partial charge in [-0.3, -0.25) is 9.59 Å². The van der Waals surface area contributed by atoms with Gasteiger partial charge in [-0.15, -0.1) is 11.3 Å². The Balaban J connectivity index is 1.53. The summed E-state index contributed by atoms with van der Waals surface area (Å²) < 4.78 is 4.67. The Morgan fingerprint density at radius 1 is 1.04 bits per heavy atom. The van der Waals surface area contributed by atoms with E-state index < -0.39 is 5.97 Å². The second kappa shape index (κ2) is 8.46. The molecule has 0 radical (unpaired) electrons. The van der Waals surface area contributed by atoms with Gasteiger partial charge in [-0.1, -0.05) is 30.3 Å². The van der Waals surface area contributed by atoms with Gasteiger partial charge in [0.15, 0.2) is 0 Å². The number of fused-ring (bicyclic) bond motifs is 1. The fraction of sp³-hybridized carbons (Fsp3) is 0.150. The number of esters is 1. The highest BCUT2D eigenvalue weighted by Crippen LogP contribution is 2.24. The van der Waals surface area contributed by atoms with Crippen LogP contribution in [-0.2, 0) is 9.53 Å². The smallest absolute Gasteiger partial charge is 0.340 e. The Kier molecular flexibility index (Phi) is 5.83. The molecular formula is C20H18N2O4S. The first-order valence-corrected chi connectivity index (χ1v) is 9.19. The zero-order valence-corrected chi connectivity index (χ0v) is 15.5. The molecule has 1 heterocycles. The van der Waals surface area contributed by atoms with Crippen molar-refractivity contribution >= 4 is 44.9 Å². The molecule has 0 aliphatic carbocycles. The lowest BCUT2D eigenvalue weighted by Gasteiger charge is -2.07. The highest BCUT2D eigenvalue weighted by molar-refractivity contribution is 7.14. The number of hydrogen-bond donors (Lipinski definition) is 2. The van der Waals surface area contributed by atoms with Gasteiger partial charge in [0.1, 0.15) is 5.00 Å². The molecule has 3 rings (SSSR count). The third-order valence-electron chi connectivity index (χ3n) is 3.97. The van der Waals surface area contributed by atoms with E-state index in [1.165, 1.54) is 18.4 Å².